The van der Waals surface area contributed by atoms with Crippen molar-refractivity contribution in [3.05, 3.63) is 24.5 Å². The van der Waals surface area contributed by atoms with Crippen molar-refractivity contribution in [2.45, 2.75) is 33.1 Å². The highest BCUT2D eigenvalue weighted by Crippen LogP contribution is 2.26. The first-order valence-corrected chi connectivity index (χ1v) is 6.33. The highest BCUT2D eigenvalue weighted by Gasteiger charge is 2.20. The van der Waals surface area contributed by atoms with Gasteiger partial charge in [-0.05, 0) is 36.9 Å². The molecule has 0 aliphatic carbocycles. The average molecular weight is 249 g/mol. The third kappa shape index (κ3) is 4.45. The summed E-state index contributed by atoms with van der Waals surface area (Å²) in [5, 5.41) is 0. The van der Waals surface area contributed by atoms with E-state index in [1.54, 1.807) is 24.3 Å². The maximum atomic E-state index is 12.1. The second-order valence-corrected chi connectivity index (χ2v) is 5.37. The number of carbonyl (C=O) groups is 1. The molecule has 1 rings (SSSR count). The molecule has 4 heteroatoms. The van der Waals surface area contributed by atoms with Gasteiger partial charge in [-0.3, -0.25) is 9.78 Å². The minimum absolute atomic E-state index is 0.119. The Balaban J connectivity index is 2.51. The molecule has 0 aliphatic rings. The van der Waals surface area contributed by atoms with E-state index >= 15 is 0 Å². The van der Waals surface area contributed by atoms with Crippen molar-refractivity contribution >= 4 is 11.6 Å². The van der Waals surface area contributed by atoms with Crippen LogP contribution in [-0.2, 0) is 4.79 Å². The molecule has 0 aliphatic heterocycles. The van der Waals surface area contributed by atoms with E-state index in [2.05, 4.69) is 18.8 Å². The summed E-state index contributed by atoms with van der Waals surface area (Å²) >= 11 is 0. The number of nitrogens with two attached hydrogens (primary N) is 1. The Morgan fingerprint density at radius 3 is 2.72 bits per heavy atom. The van der Waals surface area contributed by atoms with Crippen LogP contribution in [-0.4, -0.2) is 24.5 Å². The van der Waals surface area contributed by atoms with Crippen LogP contribution in [0.5, 0.6) is 0 Å². The van der Waals surface area contributed by atoms with Crippen LogP contribution in [0.25, 0.3) is 0 Å². The van der Waals surface area contributed by atoms with Crippen molar-refractivity contribution in [1.29, 1.82) is 0 Å². The van der Waals surface area contributed by atoms with Crippen LogP contribution >= 0.6 is 0 Å². The molecule has 0 radical (unpaired) electrons. The smallest absolute Gasteiger partial charge is 0.226 e. The van der Waals surface area contributed by atoms with Crippen LogP contribution in [0.4, 0.5) is 5.69 Å². The molecular weight excluding hydrogens is 226 g/mol. The van der Waals surface area contributed by atoms with Crippen molar-refractivity contribution in [2.24, 2.45) is 11.1 Å². The fraction of sp³-hybridized carbons (Fsp3) is 0.571. The largest absolute Gasteiger partial charge is 0.330 e. The highest BCUT2D eigenvalue weighted by molar-refractivity contribution is 5.92. The zero-order chi connectivity index (χ0) is 13.6. The van der Waals surface area contributed by atoms with Gasteiger partial charge < -0.3 is 10.6 Å². The van der Waals surface area contributed by atoms with Crippen LogP contribution in [0.2, 0.25) is 0 Å². The van der Waals surface area contributed by atoms with Crippen LogP contribution in [0.1, 0.15) is 33.1 Å². The quantitative estimate of drug-likeness (QED) is 0.840. The van der Waals surface area contributed by atoms with E-state index in [1.807, 2.05) is 12.1 Å². The summed E-state index contributed by atoms with van der Waals surface area (Å²) in [4.78, 5) is 17.7. The van der Waals surface area contributed by atoms with E-state index in [4.69, 9.17) is 5.73 Å². The SMILES string of the molecule is CN(C(=O)CCC(C)(C)CCN)c1cccnc1. The first-order valence-electron chi connectivity index (χ1n) is 6.33. The molecule has 1 aromatic heterocycles. The molecule has 1 aromatic rings. The van der Waals surface area contributed by atoms with Gasteiger partial charge in [-0.1, -0.05) is 13.8 Å². The van der Waals surface area contributed by atoms with Gasteiger partial charge in [-0.15, -0.1) is 0 Å². The molecule has 0 fully saturated rings. The van der Waals surface area contributed by atoms with Gasteiger partial charge in [-0.25, -0.2) is 0 Å². The summed E-state index contributed by atoms with van der Waals surface area (Å²) in [5.41, 5.74) is 6.53. The van der Waals surface area contributed by atoms with E-state index in [0.717, 1.165) is 18.5 Å². The van der Waals surface area contributed by atoms with Crippen LogP contribution in [0.3, 0.4) is 0 Å². The molecule has 1 heterocycles. The number of pyridine rings is 1. The third-order valence-electron chi connectivity index (χ3n) is 3.24. The van der Waals surface area contributed by atoms with Crippen molar-refractivity contribution in [3.63, 3.8) is 0 Å². The minimum Gasteiger partial charge on any atom is -0.330 e. The Kier molecular flexibility index (Phi) is 5.28. The maximum Gasteiger partial charge on any atom is 0.226 e. The minimum atomic E-state index is 0.119. The summed E-state index contributed by atoms with van der Waals surface area (Å²) < 4.78 is 0. The number of hydrogen-bond donors (Lipinski definition) is 1. The van der Waals surface area contributed by atoms with Gasteiger partial charge in [0.05, 0.1) is 11.9 Å². The number of nitrogens with zero attached hydrogens (tertiary/aromatic N) is 2. The standard InChI is InChI=1S/C14H23N3O/c1-14(2,8-9-15)7-6-13(18)17(3)12-5-4-10-16-11-12/h4-5,10-11H,6-9,15H2,1-3H3. The number of amides is 1. The van der Waals surface area contributed by atoms with Crippen molar-refractivity contribution in [3.8, 4) is 0 Å². The lowest BCUT2D eigenvalue weighted by Gasteiger charge is -2.25. The Morgan fingerprint density at radius 2 is 2.17 bits per heavy atom. The molecule has 0 atom stereocenters. The summed E-state index contributed by atoms with van der Waals surface area (Å²) in [6, 6.07) is 3.72. The Bertz CT molecular complexity index is 376. The van der Waals surface area contributed by atoms with E-state index in [-0.39, 0.29) is 11.3 Å². The Morgan fingerprint density at radius 1 is 1.44 bits per heavy atom. The first-order chi connectivity index (χ1) is 8.46. The van der Waals surface area contributed by atoms with E-state index in [9.17, 15) is 4.79 Å². The molecule has 0 unspecified atom stereocenters. The molecule has 0 bridgehead atoms. The number of anilines is 1. The number of rotatable bonds is 6. The van der Waals surface area contributed by atoms with Crippen LogP contribution in [0, 0.1) is 5.41 Å². The molecule has 0 saturated heterocycles. The monoisotopic (exact) mass is 249 g/mol. The maximum absolute atomic E-state index is 12.1. The normalized spacial score (nSPS) is 11.3. The van der Waals surface area contributed by atoms with Gasteiger partial charge in [0, 0.05) is 19.7 Å². The van der Waals surface area contributed by atoms with Crippen molar-refractivity contribution < 1.29 is 4.79 Å². The molecule has 18 heavy (non-hydrogen) atoms. The van der Waals surface area contributed by atoms with Gasteiger partial charge in [0.2, 0.25) is 5.91 Å². The fourth-order valence-corrected chi connectivity index (χ4v) is 1.82. The van der Waals surface area contributed by atoms with Gasteiger partial charge >= 0.3 is 0 Å². The first kappa shape index (κ1) is 14.6. The summed E-state index contributed by atoms with van der Waals surface area (Å²) in [7, 11) is 1.79. The topological polar surface area (TPSA) is 59.2 Å². The number of hydrogen-bond acceptors (Lipinski definition) is 3. The van der Waals surface area contributed by atoms with Gasteiger partial charge in [0.15, 0.2) is 0 Å². The summed E-state index contributed by atoms with van der Waals surface area (Å²) in [6.45, 7) is 4.97. The lowest BCUT2D eigenvalue weighted by atomic mass is 9.84. The lowest BCUT2D eigenvalue weighted by Crippen LogP contribution is -2.28. The molecule has 0 aromatic carbocycles. The zero-order valence-corrected chi connectivity index (χ0v) is 11.5. The van der Waals surface area contributed by atoms with Gasteiger partial charge in [0.1, 0.15) is 0 Å². The molecule has 100 valence electrons. The van der Waals surface area contributed by atoms with Crippen molar-refractivity contribution in [1.82, 2.24) is 4.98 Å². The highest BCUT2D eigenvalue weighted by atomic mass is 16.2. The summed E-state index contributed by atoms with van der Waals surface area (Å²) in [5.74, 6) is 0.119. The fourth-order valence-electron chi connectivity index (χ4n) is 1.82. The molecule has 0 spiro atoms. The van der Waals surface area contributed by atoms with Gasteiger partial charge in [-0.2, -0.15) is 0 Å². The second kappa shape index (κ2) is 6.50. The lowest BCUT2D eigenvalue weighted by molar-refractivity contribution is -0.118. The Hall–Kier alpha value is -1.42. The van der Waals surface area contributed by atoms with E-state index < -0.39 is 0 Å². The van der Waals surface area contributed by atoms with E-state index in [1.165, 1.54) is 0 Å². The second-order valence-electron chi connectivity index (χ2n) is 5.37. The molecule has 4 nitrogen and oxygen atoms in total. The number of aromatic nitrogens is 1. The third-order valence-corrected chi connectivity index (χ3v) is 3.24. The molecular formula is C14H23N3O. The zero-order valence-electron chi connectivity index (χ0n) is 11.5. The summed E-state index contributed by atoms with van der Waals surface area (Å²) in [6.07, 6.45) is 5.73. The van der Waals surface area contributed by atoms with E-state index in [0.29, 0.717) is 13.0 Å². The van der Waals surface area contributed by atoms with Crippen molar-refractivity contribution in [2.75, 3.05) is 18.5 Å². The predicted octanol–water partition coefficient (Wildman–Crippen LogP) is 2.20. The predicted molar refractivity (Wildman–Crippen MR) is 74.3 cm³/mol. The van der Waals surface area contributed by atoms with Crippen LogP contribution in [0.15, 0.2) is 24.5 Å². The molecule has 0 saturated carbocycles. The van der Waals surface area contributed by atoms with Gasteiger partial charge in [0.25, 0.3) is 0 Å². The number of carbonyl (C=O) groups excluding carboxylic acids is 1. The average Bonchev–Trinajstić information content (AvgIpc) is 2.36. The Labute approximate surface area is 109 Å². The molecule has 1 amide bonds. The molecule has 2 N–H and O–H groups in total. The van der Waals surface area contributed by atoms with Crippen LogP contribution < -0.4 is 10.6 Å².